The van der Waals surface area contributed by atoms with E-state index in [2.05, 4.69) is 16.2 Å². The predicted molar refractivity (Wildman–Crippen MR) is 75.5 cm³/mol. The number of ether oxygens (including phenoxy) is 2. The van der Waals surface area contributed by atoms with Crippen molar-refractivity contribution in [1.82, 2.24) is 14.9 Å². The summed E-state index contributed by atoms with van der Waals surface area (Å²) in [5.74, 6) is 3.61. The summed E-state index contributed by atoms with van der Waals surface area (Å²) < 4.78 is 12.6. The van der Waals surface area contributed by atoms with Gasteiger partial charge in [-0.2, -0.15) is 0 Å². The first-order valence-electron chi connectivity index (χ1n) is 7.26. The number of hydrogen-bond donors (Lipinski definition) is 1. The van der Waals surface area contributed by atoms with Gasteiger partial charge in [-0.05, 0) is 18.8 Å². The fourth-order valence-electron chi connectivity index (χ4n) is 2.84. The van der Waals surface area contributed by atoms with Gasteiger partial charge in [0.05, 0.1) is 18.8 Å². The molecule has 1 unspecified atom stereocenters. The number of amides is 1. The number of imidazole rings is 1. The molecule has 1 amide bonds. The molecule has 6 nitrogen and oxygen atoms in total. The minimum absolute atomic E-state index is 0.162. The highest BCUT2D eigenvalue weighted by Crippen LogP contribution is 2.19. The van der Waals surface area contributed by atoms with Gasteiger partial charge in [0.15, 0.2) is 0 Å². The lowest BCUT2D eigenvalue weighted by Crippen LogP contribution is -2.42. The van der Waals surface area contributed by atoms with Gasteiger partial charge < -0.3 is 19.4 Å². The van der Waals surface area contributed by atoms with Crippen LogP contribution < -0.4 is 5.32 Å². The zero-order valence-electron chi connectivity index (χ0n) is 11.9. The molecule has 3 heterocycles. The van der Waals surface area contributed by atoms with Crippen molar-refractivity contribution >= 4 is 5.91 Å². The van der Waals surface area contributed by atoms with Gasteiger partial charge in [0.1, 0.15) is 18.1 Å². The first kappa shape index (κ1) is 14.1. The van der Waals surface area contributed by atoms with Gasteiger partial charge in [-0.3, -0.25) is 4.79 Å². The van der Waals surface area contributed by atoms with Crippen LogP contribution in [0.5, 0.6) is 0 Å². The first-order chi connectivity index (χ1) is 10.3. The number of terminal acetylenes is 1. The third-order valence-electron chi connectivity index (χ3n) is 4.06. The van der Waals surface area contributed by atoms with E-state index in [9.17, 15) is 4.79 Å². The van der Waals surface area contributed by atoms with Crippen molar-refractivity contribution in [2.75, 3.05) is 19.8 Å². The van der Waals surface area contributed by atoms with Crippen LogP contribution in [-0.2, 0) is 22.6 Å². The number of hydrogen-bond acceptors (Lipinski definition) is 4. The fraction of sp³-hybridized carbons (Fsp3) is 0.600. The third kappa shape index (κ3) is 2.94. The summed E-state index contributed by atoms with van der Waals surface area (Å²) >= 11 is 0. The van der Waals surface area contributed by atoms with Gasteiger partial charge in [0.2, 0.25) is 0 Å². The Labute approximate surface area is 123 Å². The summed E-state index contributed by atoms with van der Waals surface area (Å²) in [6.45, 7) is 3.11. The largest absolute Gasteiger partial charge is 0.381 e. The smallest absolute Gasteiger partial charge is 0.270 e. The minimum atomic E-state index is -0.257. The molecule has 1 atom stereocenters. The van der Waals surface area contributed by atoms with Crippen LogP contribution in [-0.4, -0.2) is 41.3 Å². The Morgan fingerprint density at radius 1 is 1.43 bits per heavy atom. The molecule has 1 fully saturated rings. The van der Waals surface area contributed by atoms with Gasteiger partial charge in [-0.1, -0.05) is 5.92 Å². The van der Waals surface area contributed by atoms with Crippen molar-refractivity contribution < 1.29 is 14.3 Å². The van der Waals surface area contributed by atoms with E-state index in [1.807, 2.05) is 4.57 Å². The summed E-state index contributed by atoms with van der Waals surface area (Å²) in [4.78, 5) is 16.7. The zero-order chi connectivity index (χ0) is 14.7. The molecule has 21 heavy (non-hydrogen) atoms. The summed E-state index contributed by atoms with van der Waals surface area (Å²) in [5, 5.41) is 2.96. The van der Waals surface area contributed by atoms with Crippen molar-refractivity contribution in [3.8, 4) is 12.3 Å². The van der Waals surface area contributed by atoms with Crippen LogP contribution in [0.15, 0.2) is 6.20 Å². The fourth-order valence-corrected chi connectivity index (χ4v) is 2.84. The molecule has 0 bridgehead atoms. The Morgan fingerprint density at radius 3 is 3.00 bits per heavy atom. The summed E-state index contributed by atoms with van der Waals surface area (Å²) in [6, 6.07) is -0.257. The quantitative estimate of drug-likeness (QED) is 0.826. The topological polar surface area (TPSA) is 65.4 Å². The normalized spacial score (nSPS) is 20.3. The second-order valence-corrected chi connectivity index (χ2v) is 5.33. The predicted octanol–water partition coefficient (Wildman–Crippen LogP) is 0.571. The Bertz CT molecular complexity index is 555. The van der Waals surface area contributed by atoms with Gasteiger partial charge in [0.25, 0.3) is 5.91 Å². The second kappa shape index (κ2) is 6.29. The maximum atomic E-state index is 12.5. The van der Waals surface area contributed by atoms with Crippen LogP contribution in [0, 0.1) is 18.3 Å². The van der Waals surface area contributed by atoms with E-state index in [4.69, 9.17) is 15.9 Å². The average Bonchev–Trinajstić information content (AvgIpc) is 2.97. The molecule has 1 saturated heterocycles. The standard InChI is InChI=1S/C15H19N3O3/c1-2-12(11-3-6-20-7-4-11)17-15(19)13-9-16-14-10-21-8-5-18(13)14/h1,9,11-12H,3-8,10H2,(H,17,19). The number of carbonyl (C=O) groups is 1. The highest BCUT2D eigenvalue weighted by molar-refractivity contribution is 5.93. The molecule has 2 aliphatic rings. The number of nitrogens with one attached hydrogen (secondary N) is 1. The Hall–Kier alpha value is -1.84. The first-order valence-corrected chi connectivity index (χ1v) is 7.26. The van der Waals surface area contributed by atoms with Crippen LogP contribution in [0.3, 0.4) is 0 Å². The molecule has 2 aliphatic heterocycles. The van der Waals surface area contributed by atoms with Gasteiger partial charge in [-0.25, -0.2) is 4.98 Å². The zero-order valence-corrected chi connectivity index (χ0v) is 11.9. The van der Waals surface area contributed by atoms with E-state index in [-0.39, 0.29) is 17.9 Å². The van der Waals surface area contributed by atoms with Gasteiger partial charge >= 0.3 is 0 Å². The molecule has 0 radical (unpaired) electrons. The molecular weight excluding hydrogens is 270 g/mol. The van der Waals surface area contributed by atoms with E-state index in [0.717, 1.165) is 18.7 Å². The van der Waals surface area contributed by atoms with Crippen LogP contribution in [0.1, 0.15) is 29.2 Å². The lowest BCUT2D eigenvalue weighted by molar-refractivity contribution is 0.0574. The number of nitrogens with zero attached hydrogens (tertiary/aromatic N) is 2. The number of fused-ring (bicyclic) bond motifs is 1. The van der Waals surface area contributed by atoms with E-state index >= 15 is 0 Å². The van der Waals surface area contributed by atoms with Crippen LogP contribution in [0.2, 0.25) is 0 Å². The van der Waals surface area contributed by atoms with Crippen molar-refractivity contribution in [2.45, 2.75) is 32.0 Å². The van der Waals surface area contributed by atoms with Crippen molar-refractivity contribution in [2.24, 2.45) is 5.92 Å². The van der Waals surface area contributed by atoms with Crippen LogP contribution in [0.4, 0.5) is 0 Å². The molecule has 1 N–H and O–H groups in total. The summed E-state index contributed by atoms with van der Waals surface area (Å²) in [6.07, 6.45) is 8.95. The molecule has 0 saturated carbocycles. The van der Waals surface area contributed by atoms with Crippen LogP contribution in [0.25, 0.3) is 0 Å². The molecule has 112 valence electrons. The Kier molecular flexibility index (Phi) is 4.23. The number of carbonyl (C=O) groups excluding carboxylic acids is 1. The van der Waals surface area contributed by atoms with Crippen LogP contribution >= 0.6 is 0 Å². The van der Waals surface area contributed by atoms with E-state index in [1.54, 1.807) is 6.20 Å². The lowest BCUT2D eigenvalue weighted by atomic mass is 9.92. The Balaban J connectivity index is 1.70. The van der Waals surface area contributed by atoms with Crippen molar-refractivity contribution in [3.63, 3.8) is 0 Å². The molecule has 0 aromatic carbocycles. The van der Waals surface area contributed by atoms with E-state index in [1.165, 1.54) is 0 Å². The lowest BCUT2D eigenvalue weighted by Gasteiger charge is -2.27. The molecule has 0 aliphatic carbocycles. The average molecular weight is 289 g/mol. The summed E-state index contributed by atoms with van der Waals surface area (Å²) in [5.41, 5.74) is 0.556. The Morgan fingerprint density at radius 2 is 2.24 bits per heavy atom. The monoisotopic (exact) mass is 289 g/mol. The molecule has 1 aromatic rings. The minimum Gasteiger partial charge on any atom is -0.381 e. The second-order valence-electron chi connectivity index (χ2n) is 5.33. The van der Waals surface area contributed by atoms with E-state index < -0.39 is 0 Å². The van der Waals surface area contributed by atoms with Crippen molar-refractivity contribution in [1.29, 1.82) is 0 Å². The summed E-state index contributed by atoms with van der Waals surface area (Å²) in [7, 11) is 0. The van der Waals surface area contributed by atoms with Gasteiger partial charge in [0, 0.05) is 19.8 Å². The highest BCUT2D eigenvalue weighted by Gasteiger charge is 2.26. The highest BCUT2D eigenvalue weighted by atomic mass is 16.5. The maximum Gasteiger partial charge on any atom is 0.270 e. The molecule has 0 spiro atoms. The van der Waals surface area contributed by atoms with Crippen molar-refractivity contribution in [3.05, 3.63) is 17.7 Å². The number of aromatic nitrogens is 2. The maximum absolute atomic E-state index is 12.5. The molecular formula is C15H19N3O3. The number of rotatable bonds is 3. The molecule has 6 heteroatoms. The molecule has 1 aromatic heterocycles. The SMILES string of the molecule is C#CC(NC(=O)c1cnc2n1CCOC2)C1CCOCC1. The van der Waals surface area contributed by atoms with E-state index in [0.29, 0.717) is 38.7 Å². The third-order valence-corrected chi connectivity index (χ3v) is 4.06. The van der Waals surface area contributed by atoms with Gasteiger partial charge in [-0.15, -0.1) is 6.42 Å². The molecule has 3 rings (SSSR count).